The summed E-state index contributed by atoms with van der Waals surface area (Å²) in [5.74, 6) is -0.437. The van der Waals surface area contributed by atoms with E-state index in [4.69, 9.17) is 4.74 Å². The number of halogens is 3. The highest BCUT2D eigenvalue weighted by Gasteiger charge is 2.39. The Morgan fingerprint density at radius 2 is 1.97 bits per heavy atom. The van der Waals surface area contributed by atoms with Gasteiger partial charge in [-0.1, -0.05) is 50.1 Å². The maximum atomic E-state index is 12.7. The van der Waals surface area contributed by atoms with Crippen LogP contribution in [0.15, 0.2) is 48.6 Å². The molecule has 7 heteroatoms. The molecule has 5 atom stereocenters. The second kappa shape index (κ2) is 11.5. The van der Waals surface area contributed by atoms with Gasteiger partial charge in [-0.25, -0.2) is 0 Å². The van der Waals surface area contributed by atoms with Crippen molar-refractivity contribution in [2.75, 3.05) is 6.61 Å². The van der Waals surface area contributed by atoms with Crippen LogP contribution in [0.3, 0.4) is 0 Å². The number of benzene rings is 1. The first-order valence-electron chi connectivity index (χ1n) is 10.4. The van der Waals surface area contributed by atoms with E-state index in [1.807, 2.05) is 6.08 Å². The summed E-state index contributed by atoms with van der Waals surface area (Å²) in [5.41, 5.74) is -0.817. The summed E-state index contributed by atoms with van der Waals surface area (Å²) in [7, 11) is 0. The van der Waals surface area contributed by atoms with Crippen LogP contribution in [0.5, 0.6) is 5.75 Å². The lowest BCUT2D eigenvalue weighted by Gasteiger charge is -2.19. The van der Waals surface area contributed by atoms with Gasteiger partial charge in [0.1, 0.15) is 18.5 Å². The van der Waals surface area contributed by atoms with Crippen LogP contribution in [0.4, 0.5) is 13.2 Å². The molecule has 1 aliphatic carbocycles. The largest absolute Gasteiger partial charge is 0.491 e. The fraction of sp³-hybridized carbons (Fsp3) is 0.565. The summed E-state index contributed by atoms with van der Waals surface area (Å²) in [5, 5.41) is 30.6. The van der Waals surface area contributed by atoms with Gasteiger partial charge in [-0.15, -0.1) is 0 Å². The minimum absolute atomic E-state index is 0.0173. The molecule has 1 aromatic rings. The summed E-state index contributed by atoms with van der Waals surface area (Å²) < 4.78 is 43.5. The average Bonchev–Trinajstić information content (AvgIpc) is 2.96. The van der Waals surface area contributed by atoms with E-state index in [0.29, 0.717) is 6.42 Å². The van der Waals surface area contributed by atoms with Crippen molar-refractivity contribution in [3.8, 4) is 5.75 Å². The van der Waals surface area contributed by atoms with Crippen LogP contribution in [0.1, 0.15) is 44.6 Å². The van der Waals surface area contributed by atoms with E-state index >= 15 is 0 Å². The third-order valence-corrected chi connectivity index (χ3v) is 5.35. The molecule has 0 aromatic heterocycles. The maximum absolute atomic E-state index is 12.7. The molecule has 168 valence electrons. The third kappa shape index (κ3) is 7.45. The molecule has 0 radical (unpaired) electrons. The fourth-order valence-corrected chi connectivity index (χ4v) is 3.66. The zero-order chi connectivity index (χ0) is 22.1. The number of aliphatic hydroxyl groups is 3. The van der Waals surface area contributed by atoms with Crippen molar-refractivity contribution >= 4 is 0 Å². The van der Waals surface area contributed by atoms with E-state index in [9.17, 15) is 28.5 Å². The highest BCUT2D eigenvalue weighted by molar-refractivity contribution is 5.30. The van der Waals surface area contributed by atoms with Gasteiger partial charge in [0.2, 0.25) is 0 Å². The minimum atomic E-state index is -4.46. The monoisotopic (exact) mass is 428 g/mol. The second-order valence-corrected chi connectivity index (χ2v) is 7.75. The first-order valence-corrected chi connectivity index (χ1v) is 10.4. The first kappa shape index (κ1) is 24.4. The van der Waals surface area contributed by atoms with E-state index in [-0.39, 0.29) is 30.6 Å². The summed E-state index contributed by atoms with van der Waals surface area (Å²) >= 11 is 0. The molecule has 0 amide bonds. The average molecular weight is 428 g/mol. The van der Waals surface area contributed by atoms with E-state index in [1.165, 1.54) is 18.2 Å². The Balaban J connectivity index is 1.90. The Kier molecular flexibility index (Phi) is 9.39. The summed E-state index contributed by atoms with van der Waals surface area (Å²) in [6.07, 6.45) is 4.51. The zero-order valence-corrected chi connectivity index (χ0v) is 17.1. The lowest BCUT2D eigenvalue weighted by atomic mass is 9.89. The molecule has 1 saturated carbocycles. The second-order valence-electron chi connectivity index (χ2n) is 7.75. The van der Waals surface area contributed by atoms with Crippen LogP contribution in [-0.4, -0.2) is 40.2 Å². The van der Waals surface area contributed by atoms with E-state index < -0.39 is 30.1 Å². The number of allylic oxidation sites excluding steroid dienone is 2. The number of ether oxygens (including phenoxy) is 1. The Morgan fingerprint density at radius 1 is 1.20 bits per heavy atom. The smallest absolute Gasteiger partial charge is 0.416 e. The molecule has 0 heterocycles. The van der Waals surface area contributed by atoms with Gasteiger partial charge in [-0.3, -0.25) is 0 Å². The van der Waals surface area contributed by atoms with Gasteiger partial charge in [0.15, 0.2) is 0 Å². The standard InChI is InChI=1S/C23H31F3O4/c1-2-3-4-5-6-10-19-20(22(29)14-21(19)28)12-11-17(27)15-30-18-9-7-8-16(13-18)23(24,25)26/h5-9,11-13,17,19-22,27-29H,2-4,10,14-15H2,1H3. The van der Waals surface area contributed by atoms with E-state index in [0.717, 1.165) is 31.4 Å². The Labute approximate surface area is 175 Å². The summed E-state index contributed by atoms with van der Waals surface area (Å²) in [6, 6.07) is 4.47. The van der Waals surface area contributed by atoms with Crippen LogP contribution in [0.25, 0.3) is 0 Å². The Morgan fingerprint density at radius 3 is 2.67 bits per heavy atom. The summed E-state index contributed by atoms with van der Waals surface area (Å²) in [4.78, 5) is 0. The van der Waals surface area contributed by atoms with Gasteiger partial charge in [0.25, 0.3) is 0 Å². The maximum Gasteiger partial charge on any atom is 0.416 e. The molecule has 3 N–H and O–H groups in total. The molecular weight excluding hydrogens is 397 g/mol. The lowest BCUT2D eigenvalue weighted by Crippen LogP contribution is -2.21. The van der Waals surface area contributed by atoms with Crippen LogP contribution in [0, 0.1) is 11.8 Å². The van der Waals surface area contributed by atoms with Crippen molar-refractivity contribution in [1.29, 1.82) is 0 Å². The van der Waals surface area contributed by atoms with Crippen LogP contribution in [-0.2, 0) is 6.18 Å². The molecule has 0 spiro atoms. The quantitative estimate of drug-likeness (QED) is 0.379. The van der Waals surface area contributed by atoms with Gasteiger partial charge in [-0.2, -0.15) is 13.2 Å². The number of hydrogen-bond acceptors (Lipinski definition) is 4. The predicted molar refractivity (Wildman–Crippen MR) is 109 cm³/mol. The Hall–Kier alpha value is -1.83. The fourth-order valence-electron chi connectivity index (χ4n) is 3.66. The molecule has 2 rings (SSSR count). The van der Waals surface area contributed by atoms with Crippen LogP contribution in [0.2, 0.25) is 0 Å². The highest BCUT2D eigenvalue weighted by Crippen LogP contribution is 2.36. The molecule has 0 bridgehead atoms. The van der Waals surface area contributed by atoms with Crippen molar-refractivity contribution in [2.24, 2.45) is 11.8 Å². The molecular formula is C23H31F3O4. The molecule has 0 aliphatic heterocycles. The van der Waals surface area contributed by atoms with Crippen molar-refractivity contribution in [2.45, 2.75) is 63.5 Å². The van der Waals surface area contributed by atoms with Gasteiger partial charge >= 0.3 is 6.18 Å². The van der Waals surface area contributed by atoms with Gasteiger partial charge < -0.3 is 20.1 Å². The zero-order valence-electron chi connectivity index (χ0n) is 17.1. The molecule has 4 nitrogen and oxygen atoms in total. The lowest BCUT2D eigenvalue weighted by molar-refractivity contribution is -0.137. The van der Waals surface area contributed by atoms with Crippen molar-refractivity contribution in [3.63, 3.8) is 0 Å². The van der Waals surface area contributed by atoms with Gasteiger partial charge in [0, 0.05) is 12.3 Å². The number of rotatable bonds is 10. The van der Waals surface area contributed by atoms with E-state index in [1.54, 1.807) is 6.08 Å². The van der Waals surface area contributed by atoms with Crippen molar-refractivity contribution in [1.82, 2.24) is 0 Å². The molecule has 1 aliphatic rings. The number of alkyl halides is 3. The molecule has 5 unspecified atom stereocenters. The molecule has 30 heavy (non-hydrogen) atoms. The van der Waals surface area contributed by atoms with Gasteiger partial charge in [0.05, 0.1) is 17.8 Å². The molecule has 1 fully saturated rings. The molecule has 0 saturated heterocycles. The highest BCUT2D eigenvalue weighted by atomic mass is 19.4. The van der Waals surface area contributed by atoms with Gasteiger partial charge in [-0.05, 0) is 37.0 Å². The first-order chi connectivity index (χ1) is 14.2. The SMILES string of the molecule is CCCCC=CCC1C(O)CC(O)C1C=CC(O)COc1cccc(C(F)(F)F)c1. The number of unbranched alkanes of at least 4 members (excludes halogenated alkanes) is 2. The van der Waals surface area contributed by atoms with Crippen molar-refractivity contribution < 1.29 is 33.2 Å². The van der Waals surface area contributed by atoms with Crippen LogP contribution < -0.4 is 4.74 Å². The Bertz CT molecular complexity index is 702. The van der Waals surface area contributed by atoms with E-state index in [2.05, 4.69) is 13.0 Å². The topological polar surface area (TPSA) is 69.9 Å². The van der Waals surface area contributed by atoms with Crippen LogP contribution >= 0.6 is 0 Å². The number of hydrogen-bond donors (Lipinski definition) is 3. The molecule has 1 aromatic carbocycles. The third-order valence-electron chi connectivity index (χ3n) is 5.35. The normalized spacial score (nSPS) is 26.0. The van der Waals surface area contributed by atoms with Crippen molar-refractivity contribution in [3.05, 3.63) is 54.1 Å². The summed E-state index contributed by atoms with van der Waals surface area (Å²) in [6.45, 7) is 1.90. The minimum Gasteiger partial charge on any atom is -0.491 e. The predicted octanol–water partition coefficient (Wildman–Crippen LogP) is 4.50. The number of aliphatic hydroxyl groups excluding tert-OH is 3.